The Labute approximate surface area is 190 Å². The summed E-state index contributed by atoms with van der Waals surface area (Å²) < 4.78 is 51.8. The fourth-order valence-corrected chi connectivity index (χ4v) is 6.93. The predicted molar refractivity (Wildman–Crippen MR) is 125 cm³/mol. The molecular formula is C21H32N4O5S2. The molecule has 0 aliphatic carbocycles. The van der Waals surface area contributed by atoms with Crippen molar-refractivity contribution in [1.29, 1.82) is 0 Å². The quantitative estimate of drug-likeness (QED) is 0.579. The van der Waals surface area contributed by atoms with Crippen LogP contribution >= 0.6 is 0 Å². The van der Waals surface area contributed by atoms with Gasteiger partial charge in [-0.3, -0.25) is 19.4 Å². The third-order valence-electron chi connectivity index (χ3n) is 5.64. The fraction of sp³-hybridized carbons (Fsp3) is 0.619. The van der Waals surface area contributed by atoms with Crippen LogP contribution in [0, 0.1) is 0 Å². The Balaban J connectivity index is 1.65. The molecule has 2 aliphatic rings. The minimum Gasteiger partial charge on any atom is -0.325 e. The maximum Gasteiger partial charge on any atom is 0.262 e. The van der Waals surface area contributed by atoms with E-state index >= 15 is 0 Å². The first-order valence-electron chi connectivity index (χ1n) is 11.1. The summed E-state index contributed by atoms with van der Waals surface area (Å²) >= 11 is 0. The van der Waals surface area contributed by atoms with Gasteiger partial charge in [-0.05, 0) is 50.4 Å². The lowest BCUT2D eigenvalue weighted by Crippen LogP contribution is -2.42. The van der Waals surface area contributed by atoms with Gasteiger partial charge in [0.2, 0.25) is 5.91 Å². The summed E-state index contributed by atoms with van der Waals surface area (Å²) in [6, 6.07) is 5.93. The number of benzene rings is 1. The summed E-state index contributed by atoms with van der Waals surface area (Å²) in [5.41, 5.74) is 0.371. The molecule has 2 N–H and O–H groups in total. The number of sulfone groups is 1. The molecule has 1 aromatic rings. The minimum absolute atomic E-state index is 0.0505. The highest BCUT2D eigenvalue weighted by atomic mass is 32.2. The molecular weight excluding hydrogens is 452 g/mol. The number of hydrogen-bond donors (Lipinski definition) is 2. The van der Waals surface area contributed by atoms with Crippen molar-refractivity contribution in [1.82, 2.24) is 9.62 Å². The zero-order valence-electron chi connectivity index (χ0n) is 18.4. The van der Waals surface area contributed by atoms with E-state index in [9.17, 15) is 21.6 Å². The van der Waals surface area contributed by atoms with E-state index in [1.165, 1.54) is 12.1 Å². The smallest absolute Gasteiger partial charge is 0.262 e. The van der Waals surface area contributed by atoms with Crippen molar-refractivity contribution in [2.45, 2.75) is 56.4 Å². The van der Waals surface area contributed by atoms with Crippen molar-refractivity contribution in [3.8, 4) is 0 Å². The number of nitrogens with zero attached hydrogens (tertiary/aromatic N) is 2. The highest BCUT2D eigenvalue weighted by molar-refractivity contribution is 7.91. The number of carbonyl (C=O) groups excluding carboxylic acids is 1. The Morgan fingerprint density at radius 2 is 2.06 bits per heavy atom. The molecule has 1 amide bonds. The second-order valence-electron chi connectivity index (χ2n) is 8.35. The van der Waals surface area contributed by atoms with Gasteiger partial charge in [-0.2, -0.15) is 0 Å². The van der Waals surface area contributed by atoms with Gasteiger partial charge in [0.15, 0.2) is 9.84 Å². The van der Waals surface area contributed by atoms with Gasteiger partial charge in [-0.25, -0.2) is 16.8 Å². The first-order valence-corrected chi connectivity index (χ1v) is 14.4. The van der Waals surface area contributed by atoms with E-state index in [-0.39, 0.29) is 34.9 Å². The van der Waals surface area contributed by atoms with Crippen molar-refractivity contribution in [2.75, 3.05) is 36.5 Å². The van der Waals surface area contributed by atoms with Crippen LogP contribution in [-0.4, -0.2) is 70.7 Å². The van der Waals surface area contributed by atoms with Crippen LogP contribution in [0.25, 0.3) is 0 Å². The maximum absolute atomic E-state index is 12.8. The summed E-state index contributed by atoms with van der Waals surface area (Å²) in [5.74, 6) is 0.387. The number of hydrogen-bond acceptors (Lipinski definition) is 7. The van der Waals surface area contributed by atoms with E-state index in [1.54, 1.807) is 12.1 Å². The molecule has 32 heavy (non-hydrogen) atoms. The van der Waals surface area contributed by atoms with Crippen LogP contribution in [0.3, 0.4) is 0 Å². The molecule has 1 unspecified atom stereocenters. The first-order chi connectivity index (χ1) is 15.2. The average Bonchev–Trinajstić information content (AvgIpc) is 2.92. The zero-order valence-corrected chi connectivity index (χ0v) is 20.1. The molecule has 1 fully saturated rings. The topological polar surface area (TPSA) is 125 Å². The largest absolute Gasteiger partial charge is 0.325 e. The summed E-state index contributed by atoms with van der Waals surface area (Å²) in [4.78, 5) is 18.9. The van der Waals surface area contributed by atoms with E-state index in [1.807, 2.05) is 11.8 Å². The van der Waals surface area contributed by atoms with E-state index in [2.05, 4.69) is 15.0 Å². The van der Waals surface area contributed by atoms with Crippen LogP contribution in [0.4, 0.5) is 5.69 Å². The molecule has 0 aromatic heterocycles. The van der Waals surface area contributed by atoms with Crippen molar-refractivity contribution >= 4 is 37.3 Å². The summed E-state index contributed by atoms with van der Waals surface area (Å²) in [7, 11) is -6.85. The number of rotatable bonds is 8. The molecule has 9 nitrogen and oxygen atoms in total. The van der Waals surface area contributed by atoms with E-state index in [0.29, 0.717) is 37.5 Å². The van der Waals surface area contributed by atoms with Crippen LogP contribution in [0.5, 0.6) is 0 Å². The van der Waals surface area contributed by atoms with Gasteiger partial charge in [-0.1, -0.05) is 19.4 Å². The minimum atomic E-state index is -3.80. The van der Waals surface area contributed by atoms with Crippen LogP contribution in [0.2, 0.25) is 0 Å². The molecule has 178 valence electrons. The van der Waals surface area contributed by atoms with E-state index < -0.39 is 19.9 Å². The van der Waals surface area contributed by atoms with Crippen molar-refractivity contribution in [3.05, 3.63) is 24.3 Å². The molecule has 0 spiro atoms. The standard InChI is InChI=1S/C21H32N4O5S2/c1-2-12-25(18-10-13-31(27,28)16-18)15-21(26)23-17-7-6-8-19(14-17)32(29,30)24-20-9-4-3-5-11-22-20/h6-8,14,18H,2-5,9-13,15-16H2,1H3,(H,22,24)(H,23,26). The molecule has 0 radical (unpaired) electrons. The van der Waals surface area contributed by atoms with Crippen LogP contribution in [-0.2, 0) is 24.7 Å². The normalized spacial score (nSPS) is 21.1. The molecule has 2 heterocycles. The first kappa shape index (κ1) is 24.7. The lowest BCUT2D eigenvalue weighted by atomic mass is 10.2. The van der Waals surface area contributed by atoms with Crippen molar-refractivity contribution in [2.24, 2.45) is 4.99 Å². The molecule has 0 saturated carbocycles. The van der Waals surface area contributed by atoms with Gasteiger partial charge in [0.25, 0.3) is 10.0 Å². The van der Waals surface area contributed by atoms with Crippen LogP contribution in [0.15, 0.2) is 34.2 Å². The number of amidine groups is 1. The zero-order chi connectivity index (χ0) is 23.2. The Bertz CT molecular complexity index is 1050. The van der Waals surface area contributed by atoms with Gasteiger partial charge < -0.3 is 5.32 Å². The van der Waals surface area contributed by atoms with Gasteiger partial charge in [0.05, 0.1) is 22.9 Å². The number of anilines is 1. The second kappa shape index (κ2) is 10.8. The van der Waals surface area contributed by atoms with Crippen molar-refractivity contribution in [3.63, 3.8) is 0 Å². The molecule has 1 aromatic carbocycles. The number of carbonyl (C=O) groups is 1. The summed E-state index contributed by atoms with van der Waals surface area (Å²) in [5, 5.41) is 2.75. The van der Waals surface area contributed by atoms with Gasteiger partial charge in [0, 0.05) is 24.7 Å². The van der Waals surface area contributed by atoms with Crippen LogP contribution in [0.1, 0.15) is 45.4 Å². The summed E-state index contributed by atoms with van der Waals surface area (Å²) in [6.07, 6.45) is 4.80. The Morgan fingerprint density at radius 3 is 2.78 bits per heavy atom. The number of sulfonamides is 1. The molecule has 3 rings (SSSR count). The van der Waals surface area contributed by atoms with E-state index in [0.717, 1.165) is 25.7 Å². The van der Waals surface area contributed by atoms with Gasteiger partial charge in [0.1, 0.15) is 5.84 Å². The lowest BCUT2D eigenvalue weighted by Gasteiger charge is -2.26. The number of nitrogens with one attached hydrogen (secondary N) is 2. The highest BCUT2D eigenvalue weighted by Gasteiger charge is 2.32. The molecule has 0 bridgehead atoms. The maximum atomic E-state index is 12.8. The monoisotopic (exact) mass is 484 g/mol. The lowest BCUT2D eigenvalue weighted by molar-refractivity contribution is -0.117. The third kappa shape index (κ3) is 7.01. The average molecular weight is 485 g/mol. The fourth-order valence-electron chi connectivity index (χ4n) is 4.04. The molecule has 1 saturated heterocycles. The van der Waals surface area contributed by atoms with Crippen LogP contribution < -0.4 is 10.0 Å². The molecule has 2 aliphatic heterocycles. The number of amides is 1. The highest BCUT2D eigenvalue weighted by Crippen LogP contribution is 2.19. The Kier molecular flexibility index (Phi) is 8.29. The predicted octanol–water partition coefficient (Wildman–Crippen LogP) is 1.77. The van der Waals surface area contributed by atoms with Gasteiger partial charge in [-0.15, -0.1) is 0 Å². The Hall–Kier alpha value is -1.98. The second-order valence-corrected chi connectivity index (χ2v) is 12.3. The summed E-state index contributed by atoms with van der Waals surface area (Å²) in [6.45, 7) is 3.27. The van der Waals surface area contributed by atoms with Crippen molar-refractivity contribution < 1.29 is 21.6 Å². The SMILES string of the molecule is CCCN(CC(=O)Nc1cccc(S(=O)(=O)NC2=NCCCCC2)c1)C1CCS(=O)(=O)C1. The number of aliphatic imine (C=N–C) groups is 1. The van der Waals surface area contributed by atoms with E-state index in [4.69, 9.17) is 0 Å². The Morgan fingerprint density at radius 1 is 1.25 bits per heavy atom. The third-order valence-corrected chi connectivity index (χ3v) is 8.77. The molecule has 1 atom stereocenters. The van der Waals surface area contributed by atoms with Gasteiger partial charge >= 0.3 is 0 Å². The molecule has 11 heteroatoms.